The van der Waals surface area contributed by atoms with Gasteiger partial charge in [0.25, 0.3) is 0 Å². The zero-order chi connectivity index (χ0) is 16.3. The molecule has 1 amide bonds. The number of nitrogens with one attached hydrogen (secondary N) is 1. The van der Waals surface area contributed by atoms with E-state index in [9.17, 15) is 4.79 Å². The van der Waals surface area contributed by atoms with E-state index < -0.39 is 11.6 Å². The molecule has 1 aliphatic heterocycles. The van der Waals surface area contributed by atoms with Gasteiger partial charge in [0.05, 0.1) is 6.10 Å². The lowest BCUT2D eigenvalue weighted by atomic mass is 9.94. The van der Waals surface area contributed by atoms with Crippen molar-refractivity contribution in [3.8, 4) is 0 Å². The third-order valence-electron chi connectivity index (χ3n) is 3.77. The molecule has 6 heteroatoms. The third-order valence-corrected chi connectivity index (χ3v) is 4.36. The second-order valence-electron chi connectivity index (χ2n) is 6.35. The molecule has 22 heavy (non-hydrogen) atoms. The largest absolute Gasteiger partial charge is 0.364 e. The van der Waals surface area contributed by atoms with Crippen molar-refractivity contribution in [2.45, 2.75) is 50.9 Å². The van der Waals surface area contributed by atoms with E-state index in [4.69, 9.17) is 33.7 Å². The van der Waals surface area contributed by atoms with Crippen LogP contribution in [0.25, 0.3) is 0 Å². The highest BCUT2D eigenvalue weighted by Crippen LogP contribution is 2.25. The Hall–Kier alpha value is -0.810. The van der Waals surface area contributed by atoms with Crippen LogP contribution in [-0.2, 0) is 16.0 Å². The van der Waals surface area contributed by atoms with Gasteiger partial charge in [0.2, 0.25) is 5.91 Å². The first-order valence-corrected chi connectivity index (χ1v) is 8.18. The van der Waals surface area contributed by atoms with Crippen molar-refractivity contribution in [1.82, 2.24) is 5.32 Å². The maximum absolute atomic E-state index is 12.3. The molecule has 0 unspecified atom stereocenters. The van der Waals surface area contributed by atoms with E-state index >= 15 is 0 Å². The summed E-state index contributed by atoms with van der Waals surface area (Å²) in [5, 5.41) is 4.24. The zero-order valence-electron chi connectivity index (χ0n) is 12.9. The smallest absolute Gasteiger partial charge is 0.249 e. The average molecular weight is 345 g/mol. The molecule has 1 aromatic carbocycles. The van der Waals surface area contributed by atoms with E-state index in [1.165, 1.54) is 0 Å². The number of hydrogen-bond donors (Lipinski definition) is 2. The molecule has 1 aromatic rings. The Bertz CT molecular complexity index is 549. The van der Waals surface area contributed by atoms with Crippen LogP contribution in [0.1, 0.15) is 32.3 Å². The summed E-state index contributed by atoms with van der Waals surface area (Å²) in [7, 11) is 0. The van der Waals surface area contributed by atoms with E-state index in [1.54, 1.807) is 12.1 Å². The molecule has 0 radical (unpaired) electrons. The molecular formula is C16H22Cl2N2O2. The number of ether oxygens (including phenoxy) is 1. The second kappa shape index (κ2) is 7.18. The van der Waals surface area contributed by atoms with E-state index in [1.807, 2.05) is 19.9 Å². The van der Waals surface area contributed by atoms with Crippen molar-refractivity contribution in [1.29, 1.82) is 0 Å². The molecule has 0 saturated carbocycles. The minimum atomic E-state index is -0.432. The van der Waals surface area contributed by atoms with E-state index in [0.717, 1.165) is 12.0 Å². The molecule has 1 aliphatic rings. The van der Waals surface area contributed by atoms with Gasteiger partial charge in [-0.2, -0.15) is 0 Å². The van der Waals surface area contributed by atoms with E-state index in [0.29, 0.717) is 29.4 Å². The van der Waals surface area contributed by atoms with Crippen molar-refractivity contribution in [3.05, 3.63) is 33.8 Å². The summed E-state index contributed by atoms with van der Waals surface area (Å²) in [6.45, 7) is 4.38. The van der Waals surface area contributed by atoms with Crippen molar-refractivity contribution in [3.63, 3.8) is 0 Å². The van der Waals surface area contributed by atoms with Crippen LogP contribution < -0.4 is 11.1 Å². The third kappa shape index (κ3) is 4.59. The summed E-state index contributed by atoms with van der Waals surface area (Å²) < 4.78 is 5.63. The van der Waals surface area contributed by atoms with Gasteiger partial charge >= 0.3 is 0 Å². The highest BCUT2D eigenvalue weighted by Gasteiger charge is 2.33. The Morgan fingerprint density at radius 1 is 1.41 bits per heavy atom. The minimum absolute atomic E-state index is 0.00966. The summed E-state index contributed by atoms with van der Waals surface area (Å²) in [5.74, 6) is -0.0916. The number of halogens is 2. The SMILES string of the molecule is CC(C)(Cc1ccc(Cl)cc1Cl)NC(=O)[C@@H]1CC[C@H](CN)O1. The predicted octanol–water partition coefficient (Wildman–Crippen LogP) is 2.94. The lowest BCUT2D eigenvalue weighted by Gasteiger charge is -2.28. The Labute approximate surface area is 141 Å². The van der Waals surface area contributed by atoms with Gasteiger partial charge in [0.1, 0.15) is 6.10 Å². The van der Waals surface area contributed by atoms with Gasteiger partial charge in [0.15, 0.2) is 0 Å². The van der Waals surface area contributed by atoms with Crippen molar-refractivity contribution in [2.24, 2.45) is 5.73 Å². The Balaban J connectivity index is 1.97. The van der Waals surface area contributed by atoms with Gasteiger partial charge in [-0.1, -0.05) is 29.3 Å². The van der Waals surface area contributed by atoms with Gasteiger partial charge in [0, 0.05) is 22.1 Å². The number of rotatable bonds is 5. The first kappa shape index (κ1) is 17.5. The molecule has 1 fully saturated rings. The van der Waals surface area contributed by atoms with E-state index in [-0.39, 0.29) is 12.0 Å². The molecule has 4 nitrogen and oxygen atoms in total. The Morgan fingerprint density at radius 3 is 2.73 bits per heavy atom. The number of hydrogen-bond acceptors (Lipinski definition) is 3. The monoisotopic (exact) mass is 344 g/mol. The van der Waals surface area contributed by atoms with Crippen LogP contribution in [0.4, 0.5) is 0 Å². The molecule has 1 saturated heterocycles. The quantitative estimate of drug-likeness (QED) is 0.862. The van der Waals surface area contributed by atoms with Gasteiger partial charge in [-0.15, -0.1) is 0 Å². The molecule has 122 valence electrons. The topological polar surface area (TPSA) is 64.4 Å². The van der Waals surface area contributed by atoms with Crippen molar-refractivity contribution < 1.29 is 9.53 Å². The fourth-order valence-electron chi connectivity index (χ4n) is 2.67. The van der Waals surface area contributed by atoms with Crippen LogP contribution in [0.5, 0.6) is 0 Å². The number of carbonyl (C=O) groups excluding carboxylic acids is 1. The molecule has 2 rings (SSSR count). The van der Waals surface area contributed by atoms with Crippen LogP contribution >= 0.6 is 23.2 Å². The highest BCUT2D eigenvalue weighted by atomic mass is 35.5. The van der Waals surface area contributed by atoms with E-state index in [2.05, 4.69) is 5.32 Å². The Kier molecular flexibility index (Phi) is 5.72. The fourth-order valence-corrected chi connectivity index (χ4v) is 3.15. The molecule has 0 spiro atoms. The first-order chi connectivity index (χ1) is 10.3. The van der Waals surface area contributed by atoms with Crippen molar-refractivity contribution in [2.75, 3.05) is 6.54 Å². The van der Waals surface area contributed by atoms with Crippen molar-refractivity contribution >= 4 is 29.1 Å². The van der Waals surface area contributed by atoms with Crippen LogP contribution in [0.15, 0.2) is 18.2 Å². The van der Waals surface area contributed by atoms with Crippen LogP contribution in [-0.4, -0.2) is 30.2 Å². The number of carbonyl (C=O) groups is 1. The highest BCUT2D eigenvalue weighted by molar-refractivity contribution is 6.35. The fraction of sp³-hybridized carbons (Fsp3) is 0.562. The summed E-state index contributed by atoms with van der Waals surface area (Å²) in [5.41, 5.74) is 6.09. The van der Waals surface area contributed by atoms with Gasteiger partial charge in [-0.25, -0.2) is 0 Å². The molecule has 3 N–H and O–H groups in total. The van der Waals surface area contributed by atoms with Gasteiger partial charge < -0.3 is 15.8 Å². The average Bonchev–Trinajstić information content (AvgIpc) is 2.90. The maximum atomic E-state index is 12.3. The molecule has 0 bridgehead atoms. The molecule has 1 heterocycles. The summed E-state index contributed by atoms with van der Waals surface area (Å²) in [6.07, 6.45) is 1.74. The lowest BCUT2D eigenvalue weighted by Crippen LogP contribution is -2.49. The molecule has 0 aromatic heterocycles. The molecule has 2 atom stereocenters. The number of amides is 1. The predicted molar refractivity (Wildman–Crippen MR) is 89.3 cm³/mol. The first-order valence-electron chi connectivity index (χ1n) is 7.42. The summed E-state index contributed by atoms with van der Waals surface area (Å²) in [6, 6.07) is 5.39. The van der Waals surface area contributed by atoms with Crippen LogP contribution in [0.2, 0.25) is 10.0 Å². The molecule has 0 aliphatic carbocycles. The number of benzene rings is 1. The standard InChI is InChI=1S/C16H22Cl2N2O2/c1-16(2,8-10-3-4-11(17)7-13(10)18)20-15(21)14-6-5-12(9-19)22-14/h3-4,7,12,14H,5-6,8-9,19H2,1-2H3,(H,20,21)/t12-,14+/m1/s1. The van der Waals surface area contributed by atoms with Gasteiger partial charge in [-0.05, 0) is 50.8 Å². The normalized spacial score (nSPS) is 21.9. The Morgan fingerprint density at radius 2 is 2.14 bits per heavy atom. The molecular weight excluding hydrogens is 323 g/mol. The zero-order valence-corrected chi connectivity index (χ0v) is 14.4. The summed E-state index contributed by atoms with van der Waals surface area (Å²) in [4.78, 5) is 12.3. The van der Waals surface area contributed by atoms with Crippen LogP contribution in [0.3, 0.4) is 0 Å². The lowest BCUT2D eigenvalue weighted by molar-refractivity contribution is -0.133. The number of nitrogens with two attached hydrogens (primary N) is 1. The maximum Gasteiger partial charge on any atom is 0.249 e. The second-order valence-corrected chi connectivity index (χ2v) is 7.19. The van der Waals surface area contributed by atoms with Gasteiger partial charge in [-0.3, -0.25) is 4.79 Å². The minimum Gasteiger partial charge on any atom is -0.364 e. The summed E-state index contributed by atoms with van der Waals surface area (Å²) >= 11 is 12.1. The van der Waals surface area contributed by atoms with Crippen LogP contribution in [0, 0.1) is 0 Å².